The van der Waals surface area contributed by atoms with Gasteiger partial charge in [0, 0.05) is 37.3 Å². The number of H-pyrrole nitrogens is 1. The molecule has 2 heterocycles. The van der Waals surface area contributed by atoms with Crippen LogP contribution in [0, 0.1) is 11.6 Å². The molecule has 40 heavy (non-hydrogen) atoms. The Morgan fingerprint density at radius 1 is 1.10 bits per heavy atom. The van der Waals surface area contributed by atoms with Crippen molar-refractivity contribution in [3.05, 3.63) is 76.9 Å². The van der Waals surface area contributed by atoms with E-state index in [1.54, 1.807) is 12.1 Å². The van der Waals surface area contributed by atoms with Gasteiger partial charge in [0.05, 0.1) is 22.3 Å². The van der Waals surface area contributed by atoms with Crippen molar-refractivity contribution in [2.75, 3.05) is 45.8 Å². The summed E-state index contributed by atoms with van der Waals surface area (Å²) in [7, 11) is 3.93. The molecular formula is C30H33F2N5O3. The van der Waals surface area contributed by atoms with Crippen molar-refractivity contribution in [3.8, 4) is 17.0 Å². The van der Waals surface area contributed by atoms with Crippen molar-refractivity contribution in [2.45, 2.75) is 25.3 Å². The molecule has 10 heteroatoms. The number of nitrogens with one attached hydrogen (secondary N) is 2. The van der Waals surface area contributed by atoms with Crippen molar-refractivity contribution in [3.63, 3.8) is 0 Å². The third kappa shape index (κ3) is 6.24. The van der Waals surface area contributed by atoms with E-state index in [0.717, 1.165) is 35.4 Å². The van der Waals surface area contributed by atoms with Crippen LogP contribution in [-0.2, 0) is 11.2 Å². The fourth-order valence-corrected chi connectivity index (χ4v) is 4.99. The number of likely N-dealkylation sites (N-methyl/N-ethyl adjacent to an activating group) is 1. The SMILES string of the molecule is CN(C)CCOc1ccc(C(N)=O)c(NC2CCOCC2)c1-c1n[nH]c2ccc(Cc3cc(F)cc(F)c3)cc12. The molecule has 3 aromatic carbocycles. The zero-order valence-electron chi connectivity index (χ0n) is 22.6. The number of anilines is 1. The van der Waals surface area contributed by atoms with Crippen molar-refractivity contribution in [1.82, 2.24) is 15.1 Å². The first-order valence-corrected chi connectivity index (χ1v) is 13.3. The first-order valence-electron chi connectivity index (χ1n) is 13.3. The van der Waals surface area contributed by atoms with Crippen LogP contribution >= 0.6 is 0 Å². The normalized spacial score (nSPS) is 14.1. The molecule has 0 atom stereocenters. The molecule has 5 rings (SSSR count). The second-order valence-corrected chi connectivity index (χ2v) is 10.3. The van der Waals surface area contributed by atoms with E-state index in [0.29, 0.717) is 66.6 Å². The molecule has 4 N–H and O–H groups in total. The van der Waals surface area contributed by atoms with Gasteiger partial charge in [0.1, 0.15) is 29.7 Å². The maximum absolute atomic E-state index is 13.8. The van der Waals surface area contributed by atoms with Crippen LogP contribution in [0.4, 0.5) is 14.5 Å². The Bertz CT molecular complexity index is 1490. The summed E-state index contributed by atoms with van der Waals surface area (Å²) in [5.74, 6) is -1.24. The number of primary amides is 1. The minimum atomic E-state index is -0.619. The maximum Gasteiger partial charge on any atom is 0.250 e. The number of amides is 1. The zero-order valence-corrected chi connectivity index (χ0v) is 22.6. The number of hydrogen-bond acceptors (Lipinski definition) is 6. The summed E-state index contributed by atoms with van der Waals surface area (Å²) < 4.78 is 39.4. The third-order valence-electron chi connectivity index (χ3n) is 6.99. The molecule has 210 valence electrons. The topological polar surface area (TPSA) is 106 Å². The molecule has 4 aromatic rings. The van der Waals surface area contributed by atoms with Crippen LogP contribution < -0.4 is 15.8 Å². The molecule has 1 aliphatic heterocycles. The Kier molecular flexibility index (Phi) is 8.27. The number of hydrogen-bond donors (Lipinski definition) is 3. The molecule has 1 aliphatic rings. The fourth-order valence-electron chi connectivity index (χ4n) is 4.99. The lowest BCUT2D eigenvalue weighted by molar-refractivity contribution is 0.0904. The highest BCUT2D eigenvalue weighted by molar-refractivity contribution is 6.06. The summed E-state index contributed by atoms with van der Waals surface area (Å²) in [6.45, 7) is 2.35. The Morgan fingerprint density at radius 2 is 1.85 bits per heavy atom. The molecule has 1 fully saturated rings. The van der Waals surface area contributed by atoms with Gasteiger partial charge in [0.15, 0.2) is 0 Å². The van der Waals surface area contributed by atoms with Crippen molar-refractivity contribution < 1.29 is 23.0 Å². The van der Waals surface area contributed by atoms with E-state index >= 15 is 0 Å². The van der Waals surface area contributed by atoms with Crippen LogP contribution in [0.3, 0.4) is 0 Å². The molecule has 0 bridgehead atoms. The molecule has 8 nitrogen and oxygen atoms in total. The van der Waals surface area contributed by atoms with E-state index in [2.05, 4.69) is 15.5 Å². The van der Waals surface area contributed by atoms with Gasteiger partial charge in [0.25, 0.3) is 5.91 Å². The summed E-state index contributed by atoms with van der Waals surface area (Å²) in [6.07, 6.45) is 1.88. The number of aromatic nitrogens is 2. The Hall–Kier alpha value is -4.02. The number of aromatic amines is 1. The smallest absolute Gasteiger partial charge is 0.250 e. The number of fused-ring (bicyclic) bond motifs is 1. The average molecular weight is 550 g/mol. The monoisotopic (exact) mass is 549 g/mol. The molecule has 0 spiro atoms. The highest BCUT2D eigenvalue weighted by Crippen LogP contribution is 2.42. The van der Waals surface area contributed by atoms with Gasteiger partial charge in [-0.3, -0.25) is 9.89 Å². The van der Waals surface area contributed by atoms with Crippen LogP contribution in [0.5, 0.6) is 5.75 Å². The molecule has 1 amide bonds. The number of carbonyl (C=O) groups excluding carboxylic acids is 1. The molecule has 1 aromatic heterocycles. The van der Waals surface area contributed by atoms with Crippen LogP contribution in [0.2, 0.25) is 0 Å². The minimum Gasteiger partial charge on any atom is -0.491 e. The standard InChI is InChI=1S/C30H33F2N5O3/c1-37(2)9-12-40-26-6-4-23(30(33)38)28(34-22-7-10-39-11-8-22)27(26)29-24-16-18(3-5-25(24)35-36-29)13-19-14-20(31)17-21(32)15-19/h3-6,14-17,22,34H,7-13H2,1-2H3,(H2,33,38)(H,35,36). The lowest BCUT2D eigenvalue weighted by Gasteiger charge is -2.27. The number of halogens is 2. The Balaban J connectivity index is 1.62. The predicted molar refractivity (Wildman–Crippen MR) is 151 cm³/mol. The van der Waals surface area contributed by atoms with Crippen LogP contribution in [0.1, 0.15) is 34.3 Å². The van der Waals surface area contributed by atoms with Gasteiger partial charge < -0.3 is 25.4 Å². The molecule has 0 saturated carbocycles. The van der Waals surface area contributed by atoms with E-state index < -0.39 is 17.5 Å². The predicted octanol–water partition coefficient (Wildman–Crippen LogP) is 4.73. The third-order valence-corrected chi connectivity index (χ3v) is 6.99. The Labute approximate surface area is 231 Å². The second kappa shape index (κ2) is 12.0. The highest BCUT2D eigenvalue weighted by Gasteiger charge is 2.26. The van der Waals surface area contributed by atoms with Crippen molar-refractivity contribution >= 4 is 22.5 Å². The van der Waals surface area contributed by atoms with E-state index in [-0.39, 0.29) is 6.04 Å². The van der Waals surface area contributed by atoms with Crippen LogP contribution in [-0.4, -0.2) is 67.5 Å². The van der Waals surface area contributed by atoms with Gasteiger partial charge in [-0.1, -0.05) is 6.07 Å². The maximum atomic E-state index is 13.8. The largest absolute Gasteiger partial charge is 0.491 e. The fraction of sp³-hybridized carbons (Fsp3) is 0.333. The first-order chi connectivity index (χ1) is 19.3. The van der Waals surface area contributed by atoms with E-state index in [1.807, 2.05) is 37.2 Å². The molecule has 0 aliphatic carbocycles. The average Bonchev–Trinajstić information content (AvgIpc) is 3.31. The van der Waals surface area contributed by atoms with Crippen LogP contribution in [0.15, 0.2) is 48.5 Å². The van der Waals surface area contributed by atoms with E-state index in [4.69, 9.17) is 15.2 Å². The van der Waals surface area contributed by atoms with Crippen LogP contribution in [0.25, 0.3) is 22.2 Å². The van der Waals surface area contributed by atoms with E-state index in [9.17, 15) is 13.6 Å². The molecule has 0 radical (unpaired) electrons. The number of ether oxygens (including phenoxy) is 2. The number of rotatable bonds is 10. The number of nitrogens with zero attached hydrogens (tertiary/aromatic N) is 2. The Morgan fingerprint density at radius 3 is 2.55 bits per heavy atom. The molecule has 0 unspecified atom stereocenters. The lowest BCUT2D eigenvalue weighted by Crippen LogP contribution is -2.29. The summed E-state index contributed by atoms with van der Waals surface area (Å²) in [4.78, 5) is 14.6. The number of benzene rings is 3. The van der Waals surface area contributed by atoms with Gasteiger partial charge in [-0.05, 0) is 80.9 Å². The zero-order chi connectivity index (χ0) is 28.2. The summed E-state index contributed by atoms with van der Waals surface area (Å²) in [5, 5.41) is 12.1. The minimum absolute atomic E-state index is 0.0752. The first kappa shape index (κ1) is 27.5. The van der Waals surface area contributed by atoms with Crippen molar-refractivity contribution in [2.24, 2.45) is 5.73 Å². The highest BCUT2D eigenvalue weighted by atomic mass is 19.1. The van der Waals surface area contributed by atoms with Gasteiger partial charge in [-0.2, -0.15) is 5.10 Å². The van der Waals surface area contributed by atoms with Crippen molar-refractivity contribution in [1.29, 1.82) is 0 Å². The number of nitrogens with two attached hydrogens (primary N) is 1. The summed E-state index contributed by atoms with van der Waals surface area (Å²) >= 11 is 0. The lowest BCUT2D eigenvalue weighted by atomic mass is 9.96. The van der Waals surface area contributed by atoms with Gasteiger partial charge in [-0.25, -0.2) is 8.78 Å². The van der Waals surface area contributed by atoms with Gasteiger partial charge >= 0.3 is 0 Å². The van der Waals surface area contributed by atoms with Gasteiger partial charge in [0.2, 0.25) is 0 Å². The van der Waals surface area contributed by atoms with E-state index in [1.165, 1.54) is 12.1 Å². The summed E-state index contributed by atoms with van der Waals surface area (Å²) in [5.41, 5.74) is 10.1. The summed E-state index contributed by atoms with van der Waals surface area (Å²) in [6, 6.07) is 12.7. The quantitative estimate of drug-likeness (QED) is 0.264. The molecular weight excluding hydrogens is 516 g/mol. The molecule has 1 saturated heterocycles. The van der Waals surface area contributed by atoms with Gasteiger partial charge in [-0.15, -0.1) is 0 Å². The second-order valence-electron chi connectivity index (χ2n) is 10.3. The number of carbonyl (C=O) groups is 1.